The number of amides is 1. The number of nitrogens with one attached hydrogen (secondary N) is 1. The van der Waals surface area contributed by atoms with Gasteiger partial charge in [-0.1, -0.05) is 43.1 Å². The van der Waals surface area contributed by atoms with Gasteiger partial charge in [0.25, 0.3) is 5.91 Å². The maximum atomic E-state index is 11.7. The third kappa shape index (κ3) is 2.74. The van der Waals surface area contributed by atoms with Crippen LogP contribution in [0.3, 0.4) is 0 Å². The summed E-state index contributed by atoms with van der Waals surface area (Å²) in [4.78, 5) is 16.0. The van der Waals surface area contributed by atoms with E-state index in [1.807, 2.05) is 13.8 Å². The number of halogens is 2. The fourth-order valence-corrected chi connectivity index (χ4v) is 1.99. The standard InChI is InChI=1S/C13H12Cl2N2O/c1-7(2)12-16-11(13(18)17-12)5-8-3-4-9(14)6-10(8)15/h3-7H,1-2H3,(H,16,17,18)/b11-5-. The SMILES string of the molecule is CC(C)C1=N/C(=C\c2ccc(Cl)cc2Cl)C(=O)N1. The maximum Gasteiger partial charge on any atom is 0.275 e. The van der Waals surface area contributed by atoms with Crippen molar-refractivity contribution in [3.63, 3.8) is 0 Å². The van der Waals surface area contributed by atoms with Gasteiger partial charge in [-0.25, -0.2) is 4.99 Å². The number of hydrogen-bond donors (Lipinski definition) is 1. The molecular formula is C13H12Cl2N2O. The summed E-state index contributed by atoms with van der Waals surface area (Å²) in [6, 6.07) is 5.11. The van der Waals surface area contributed by atoms with E-state index in [1.165, 1.54) is 0 Å². The van der Waals surface area contributed by atoms with Gasteiger partial charge in [0, 0.05) is 16.0 Å². The van der Waals surface area contributed by atoms with Crippen LogP contribution in [0.2, 0.25) is 10.0 Å². The van der Waals surface area contributed by atoms with Gasteiger partial charge < -0.3 is 5.32 Å². The normalized spacial score (nSPS) is 17.3. The monoisotopic (exact) mass is 282 g/mol. The Morgan fingerprint density at radius 1 is 1.33 bits per heavy atom. The van der Waals surface area contributed by atoms with Crippen molar-refractivity contribution in [2.24, 2.45) is 10.9 Å². The summed E-state index contributed by atoms with van der Waals surface area (Å²) in [6.07, 6.45) is 1.66. The molecule has 0 atom stereocenters. The van der Waals surface area contributed by atoms with Crippen LogP contribution >= 0.6 is 23.2 Å². The van der Waals surface area contributed by atoms with E-state index in [-0.39, 0.29) is 11.8 Å². The van der Waals surface area contributed by atoms with Crippen LogP contribution in [0.4, 0.5) is 0 Å². The van der Waals surface area contributed by atoms with Crippen molar-refractivity contribution >= 4 is 41.0 Å². The summed E-state index contributed by atoms with van der Waals surface area (Å²) in [5.41, 5.74) is 1.09. The van der Waals surface area contributed by atoms with E-state index in [0.29, 0.717) is 21.6 Å². The Balaban J connectivity index is 2.36. The summed E-state index contributed by atoms with van der Waals surface area (Å²) in [5.74, 6) is 0.654. The first-order valence-electron chi connectivity index (χ1n) is 5.54. The molecule has 1 amide bonds. The Hall–Kier alpha value is -1.32. The number of hydrogen-bond acceptors (Lipinski definition) is 2. The van der Waals surface area contributed by atoms with Crippen LogP contribution in [0.5, 0.6) is 0 Å². The molecule has 94 valence electrons. The van der Waals surface area contributed by atoms with Gasteiger partial charge in [0.2, 0.25) is 0 Å². The predicted molar refractivity (Wildman–Crippen MR) is 74.9 cm³/mol. The van der Waals surface area contributed by atoms with Crippen molar-refractivity contribution in [1.82, 2.24) is 5.32 Å². The quantitative estimate of drug-likeness (QED) is 0.829. The second-order valence-electron chi connectivity index (χ2n) is 4.30. The highest BCUT2D eigenvalue weighted by Crippen LogP contribution is 2.24. The van der Waals surface area contributed by atoms with Crippen molar-refractivity contribution in [2.75, 3.05) is 0 Å². The van der Waals surface area contributed by atoms with Gasteiger partial charge in [0.15, 0.2) is 0 Å². The van der Waals surface area contributed by atoms with Crippen molar-refractivity contribution in [3.8, 4) is 0 Å². The average Bonchev–Trinajstić information content (AvgIpc) is 2.64. The van der Waals surface area contributed by atoms with Crippen LogP contribution in [0.25, 0.3) is 6.08 Å². The van der Waals surface area contributed by atoms with Gasteiger partial charge in [-0.2, -0.15) is 0 Å². The predicted octanol–water partition coefficient (Wildman–Crippen LogP) is 3.52. The minimum Gasteiger partial charge on any atom is -0.308 e. The summed E-state index contributed by atoms with van der Waals surface area (Å²) < 4.78 is 0. The Labute approximate surface area is 116 Å². The molecule has 0 saturated carbocycles. The fourth-order valence-electron chi connectivity index (χ4n) is 1.53. The number of rotatable bonds is 2. The Bertz CT molecular complexity index is 562. The molecule has 5 heteroatoms. The van der Waals surface area contributed by atoms with Crippen LogP contribution in [0, 0.1) is 5.92 Å². The molecule has 1 N–H and O–H groups in total. The van der Waals surface area contributed by atoms with E-state index in [2.05, 4.69) is 10.3 Å². The van der Waals surface area contributed by atoms with Gasteiger partial charge in [0.05, 0.1) is 0 Å². The number of carbonyl (C=O) groups excluding carboxylic acids is 1. The van der Waals surface area contributed by atoms with E-state index in [1.54, 1.807) is 24.3 Å². The van der Waals surface area contributed by atoms with Crippen LogP contribution in [0.15, 0.2) is 28.9 Å². The Morgan fingerprint density at radius 3 is 2.61 bits per heavy atom. The first kappa shape index (κ1) is 13.1. The van der Waals surface area contributed by atoms with Crippen LogP contribution in [-0.4, -0.2) is 11.7 Å². The average molecular weight is 283 g/mol. The zero-order chi connectivity index (χ0) is 13.3. The topological polar surface area (TPSA) is 41.5 Å². The molecule has 0 unspecified atom stereocenters. The Kier molecular flexibility index (Phi) is 3.73. The number of aliphatic imine (C=N–C) groups is 1. The minimum atomic E-state index is -0.204. The molecule has 1 aliphatic rings. The second kappa shape index (κ2) is 5.12. The van der Waals surface area contributed by atoms with Gasteiger partial charge >= 0.3 is 0 Å². The third-order valence-corrected chi connectivity index (χ3v) is 3.08. The van der Waals surface area contributed by atoms with Crippen molar-refractivity contribution in [1.29, 1.82) is 0 Å². The summed E-state index contributed by atoms with van der Waals surface area (Å²) >= 11 is 11.9. The highest BCUT2D eigenvalue weighted by Gasteiger charge is 2.21. The van der Waals surface area contributed by atoms with Crippen LogP contribution in [-0.2, 0) is 4.79 Å². The van der Waals surface area contributed by atoms with Crippen molar-refractivity contribution < 1.29 is 4.79 Å². The van der Waals surface area contributed by atoms with Gasteiger partial charge in [-0.3, -0.25) is 4.79 Å². The van der Waals surface area contributed by atoms with Crippen LogP contribution in [0.1, 0.15) is 19.4 Å². The first-order valence-corrected chi connectivity index (χ1v) is 6.29. The number of nitrogens with zero attached hydrogens (tertiary/aromatic N) is 1. The molecule has 0 aliphatic carbocycles. The molecule has 1 aromatic carbocycles. The lowest BCUT2D eigenvalue weighted by Gasteiger charge is -2.01. The van der Waals surface area contributed by atoms with E-state index < -0.39 is 0 Å². The maximum absolute atomic E-state index is 11.7. The van der Waals surface area contributed by atoms with Gasteiger partial charge in [-0.15, -0.1) is 0 Å². The second-order valence-corrected chi connectivity index (χ2v) is 5.14. The molecule has 0 saturated heterocycles. The van der Waals surface area contributed by atoms with E-state index >= 15 is 0 Å². The molecule has 0 aromatic heterocycles. The third-order valence-electron chi connectivity index (χ3n) is 2.52. The largest absolute Gasteiger partial charge is 0.308 e. The molecule has 3 nitrogen and oxygen atoms in total. The lowest BCUT2D eigenvalue weighted by Crippen LogP contribution is -2.27. The number of amidine groups is 1. The lowest BCUT2D eigenvalue weighted by atomic mass is 10.2. The molecule has 18 heavy (non-hydrogen) atoms. The van der Waals surface area contributed by atoms with Crippen molar-refractivity contribution in [2.45, 2.75) is 13.8 Å². The van der Waals surface area contributed by atoms with Crippen molar-refractivity contribution in [3.05, 3.63) is 39.5 Å². The van der Waals surface area contributed by atoms with Gasteiger partial charge in [0.1, 0.15) is 11.5 Å². The first-order chi connectivity index (χ1) is 8.47. The molecule has 1 aliphatic heterocycles. The zero-order valence-corrected chi connectivity index (χ0v) is 11.5. The lowest BCUT2D eigenvalue weighted by molar-refractivity contribution is -0.115. The van der Waals surface area contributed by atoms with E-state index in [4.69, 9.17) is 23.2 Å². The van der Waals surface area contributed by atoms with E-state index in [0.717, 1.165) is 5.56 Å². The fraction of sp³-hybridized carbons (Fsp3) is 0.231. The molecule has 0 radical (unpaired) electrons. The van der Waals surface area contributed by atoms with Crippen LogP contribution < -0.4 is 5.32 Å². The zero-order valence-electron chi connectivity index (χ0n) is 10.00. The molecule has 1 aromatic rings. The highest BCUT2D eigenvalue weighted by atomic mass is 35.5. The Morgan fingerprint density at radius 2 is 2.06 bits per heavy atom. The summed E-state index contributed by atoms with van der Waals surface area (Å²) in [5, 5.41) is 3.78. The summed E-state index contributed by atoms with van der Waals surface area (Å²) in [7, 11) is 0. The van der Waals surface area contributed by atoms with E-state index in [9.17, 15) is 4.79 Å². The number of carbonyl (C=O) groups is 1. The molecule has 0 bridgehead atoms. The van der Waals surface area contributed by atoms with Gasteiger partial charge in [-0.05, 0) is 23.8 Å². The molecule has 2 rings (SSSR count). The highest BCUT2D eigenvalue weighted by molar-refractivity contribution is 6.35. The summed E-state index contributed by atoms with van der Waals surface area (Å²) in [6.45, 7) is 3.94. The molecule has 0 fully saturated rings. The smallest absolute Gasteiger partial charge is 0.275 e. The molecular weight excluding hydrogens is 271 g/mol. The molecule has 1 heterocycles. The minimum absolute atomic E-state index is 0.181. The molecule has 0 spiro atoms. The number of benzene rings is 1.